The predicted octanol–water partition coefficient (Wildman–Crippen LogP) is 3.98. The monoisotopic (exact) mass is 430 g/mol. The molecule has 2 heterocycles. The van der Waals surface area contributed by atoms with Gasteiger partial charge in [-0.05, 0) is 42.5 Å². The van der Waals surface area contributed by atoms with Crippen LogP contribution in [0.5, 0.6) is 0 Å². The minimum Gasteiger partial charge on any atom is -0.396 e. The first kappa shape index (κ1) is 20.0. The van der Waals surface area contributed by atoms with Gasteiger partial charge in [0.15, 0.2) is 0 Å². The maximum Gasteiger partial charge on any atom is 0.282 e. The summed E-state index contributed by atoms with van der Waals surface area (Å²) in [6.45, 7) is 1.26. The number of likely N-dealkylation sites (tertiary alicyclic amines) is 1. The molecule has 2 amide bonds. The van der Waals surface area contributed by atoms with Gasteiger partial charge in [-0.1, -0.05) is 53.5 Å². The van der Waals surface area contributed by atoms with E-state index in [2.05, 4.69) is 0 Å². The van der Waals surface area contributed by atoms with Gasteiger partial charge in [0.25, 0.3) is 11.8 Å². The van der Waals surface area contributed by atoms with E-state index in [0.29, 0.717) is 40.6 Å². The van der Waals surface area contributed by atoms with E-state index in [1.807, 2.05) is 35.2 Å². The molecule has 1 atom stereocenters. The van der Waals surface area contributed by atoms with Crippen molar-refractivity contribution in [3.8, 4) is 0 Å². The molecule has 4 rings (SSSR count). The molecule has 1 fully saturated rings. The lowest BCUT2D eigenvalue weighted by molar-refractivity contribution is -0.120. The van der Waals surface area contributed by atoms with Gasteiger partial charge in [-0.3, -0.25) is 9.59 Å². The molecule has 7 heteroatoms. The van der Waals surface area contributed by atoms with E-state index in [-0.39, 0.29) is 29.4 Å². The number of rotatable bonds is 4. The number of hydrogen-bond acceptors (Lipinski definition) is 4. The summed E-state index contributed by atoms with van der Waals surface area (Å²) in [5.74, 6) is -0.693. The SMILES string of the molecule is O=C1C(c2ccccc2)=C(N2CCCC(CO)C2)C(=O)N1c1ccc(Cl)c(Cl)c1. The second-order valence-corrected chi connectivity index (χ2v) is 8.09. The fourth-order valence-electron chi connectivity index (χ4n) is 3.95. The average Bonchev–Trinajstić information content (AvgIpc) is 3.01. The summed E-state index contributed by atoms with van der Waals surface area (Å²) in [6.07, 6.45) is 1.75. The molecule has 29 heavy (non-hydrogen) atoms. The molecule has 1 saturated heterocycles. The number of aliphatic hydroxyl groups excluding tert-OH is 1. The van der Waals surface area contributed by atoms with Gasteiger partial charge < -0.3 is 10.0 Å². The molecule has 0 saturated carbocycles. The molecule has 2 aromatic carbocycles. The number of benzene rings is 2. The first-order chi connectivity index (χ1) is 14.0. The van der Waals surface area contributed by atoms with Gasteiger partial charge in [0.1, 0.15) is 5.70 Å². The van der Waals surface area contributed by atoms with Crippen molar-refractivity contribution in [2.24, 2.45) is 5.92 Å². The van der Waals surface area contributed by atoms with Gasteiger partial charge in [-0.25, -0.2) is 4.90 Å². The van der Waals surface area contributed by atoms with Crippen molar-refractivity contribution in [2.45, 2.75) is 12.8 Å². The first-order valence-corrected chi connectivity index (χ1v) is 10.3. The number of halogens is 2. The highest BCUT2D eigenvalue weighted by atomic mass is 35.5. The highest BCUT2D eigenvalue weighted by Crippen LogP contribution is 2.38. The Kier molecular flexibility index (Phi) is 5.63. The summed E-state index contributed by atoms with van der Waals surface area (Å²) in [6, 6.07) is 13.9. The lowest BCUT2D eigenvalue weighted by atomic mass is 9.97. The fraction of sp³-hybridized carbons (Fsp3) is 0.273. The fourth-order valence-corrected chi connectivity index (χ4v) is 4.24. The van der Waals surface area contributed by atoms with Crippen LogP contribution in [-0.4, -0.2) is 41.5 Å². The maximum atomic E-state index is 13.5. The van der Waals surface area contributed by atoms with Crippen LogP contribution in [0.25, 0.3) is 5.57 Å². The number of piperidine rings is 1. The van der Waals surface area contributed by atoms with Crippen LogP contribution < -0.4 is 4.90 Å². The van der Waals surface area contributed by atoms with Crippen LogP contribution in [0.2, 0.25) is 10.0 Å². The Morgan fingerprint density at radius 3 is 2.45 bits per heavy atom. The van der Waals surface area contributed by atoms with Gasteiger partial charge in [-0.15, -0.1) is 0 Å². The number of amides is 2. The molecule has 150 valence electrons. The van der Waals surface area contributed by atoms with Crippen molar-refractivity contribution in [3.05, 3.63) is 69.8 Å². The second-order valence-electron chi connectivity index (χ2n) is 7.27. The first-order valence-electron chi connectivity index (χ1n) is 9.50. The van der Waals surface area contributed by atoms with Gasteiger partial charge in [0.2, 0.25) is 0 Å². The summed E-state index contributed by atoms with van der Waals surface area (Å²) in [5, 5.41) is 10.2. The third-order valence-corrected chi connectivity index (χ3v) is 6.12. The quantitative estimate of drug-likeness (QED) is 0.745. The van der Waals surface area contributed by atoms with Gasteiger partial charge in [0.05, 0.1) is 21.3 Å². The van der Waals surface area contributed by atoms with Crippen LogP contribution >= 0.6 is 23.2 Å². The Morgan fingerprint density at radius 2 is 1.76 bits per heavy atom. The van der Waals surface area contributed by atoms with E-state index in [0.717, 1.165) is 17.7 Å². The molecular weight excluding hydrogens is 411 g/mol. The van der Waals surface area contributed by atoms with E-state index in [1.54, 1.807) is 12.1 Å². The molecule has 1 unspecified atom stereocenters. The molecule has 0 aromatic heterocycles. The predicted molar refractivity (Wildman–Crippen MR) is 114 cm³/mol. The summed E-state index contributed by atoms with van der Waals surface area (Å²) in [4.78, 5) is 30.0. The second kappa shape index (κ2) is 8.19. The van der Waals surface area contributed by atoms with Crippen LogP contribution in [0.4, 0.5) is 5.69 Å². The van der Waals surface area contributed by atoms with Crippen LogP contribution in [0.3, 0.4) is 0 Å². The Balaban J connectivity index is 1.81. The summed E-state index contributed by atoms with van der Waals surface area (Å²) < 4.78 is 0. The number of carbonyl (C=O) groups is 2. The largest absolute Gasteiger partial charge is 0.396 e. The third-order valence-electron chi connectivity index (χ3n) is 5.38. The van der Waals surface area contributed by atoms with Crippen molar-refractivity contribution in [3.63, 3.8) is 0 Å². The average molecular weight is 431 g/mol. The van der Waals surface area contributed by atoms with Gasteiger partial charge >= 0.3 is 0 Å². The molecule has 2 aromatic rings. The third kappa shape index (κ3) is 3.66. The van der Waals surface area contributed by atoms with Crippen LogP contribution in [0.15, 0.2) is 54.2 Å². The molecule has 0 spiro atoms. The van der Waals surface area contributed by atoms with E-state index in [9.17, 15) is 14.7 Å². The standard InChI is InChI=1S/C22H20Cl2N2O3/c23-17-9-8-16(11-18(17)24)26-21(28)19(15-6-2-1-3-7-15)20(22(26)29)25-10-4-5-14(12-25)13-27/h1-3,6-9,11,14,27H,4-5,10,12-13H2. The minimum atomic E-state index is -0.388. The number of imide groups is 1. The van der Waals surface area contributed by atoms with Crippen molar-refractivity contribution in [2.75, 3.05) is 24.6 Å². The molecule has 0 radical (unpaired) electrons. The minimum absolute atomic E-state index is 0.0586. The van der Waals surface area contributed by atoms with Crippen molar-refractivity contribution < 1.29 is 14.7 Å². The molecule has 2 aliphatic rings. The normalized spacial score (nSPS) is 20.0. The van der Waals surface area contributed by atoms with E-state index < -0.39 is 0 Å². The molecule has 0 bridgehead atoms. The molecular formula is C22H20Cl2N2O3. The zero-order valence-electron chi connectivity index (χ0n) is 15.6. The van der Waals surface area contributed by atoms with E-state index in [1.165, 1.54) is 6.07 Å². The Bertz CT molecular complexity index is 991. The van der Waals surface area contributed by atoms with Crippen LogP contribution in [0, 0.1) is 5.92 Å². The lowest BCUT2D eigenvalue weighted by Crippen LogP contribution is -2.40. The topological polar surface area (TPSA) is 60.9 Å². The molecule has 0 aliphatic carbocycles. The maximum absolute atomic E-state index is 13.5. The van der Waals surface area contributed by atoms with Crippen molar-refractivity contribution in [1.82, 2.24) is 4.90 Å². The Morgan fingerprint density at radius 1 is 1.00 bits per heavy atom. The van der Waals surface area contributed by atoms with Crippen molar-refractivity contribution in [1.29, 1.82) is 0 Å². The lowest BCUT2D eigenvalue weighted by Gasteiger charge is -2.34. The Labute approximate surface area is 179 Å². The van der Waals surface area contributed by atoms with Crippen molar-refractivity contribution >= 4 is 46.3 Å². The zero-order chi connectivity index (χ0) is 20.5. The molecule has 5 nitrogen and oxygen atoms in total. The van der Waals surface area contributed by atoms with Gasteiger partial charge in [-0.2, -0.15) is 0 Å². The highest BCUT2D eigenvalue weighted by molar-refractivity contribution is 6.46. The van der Waals surface area contributed by atoms with E-state index in [4.69, 9.17) is 23.2 Å². The number of hydrogen-bond donors (Lipinski definition) is 1. The number of anilines is 1. The number of aliphatic hydroxyl groups is 1. The van der Waals surface area contributed by atoms with Crippen LogP contribution in [-0.2, 0) is 9.59 Å². The Hall–Kier alpha value is -2.34. The van der Waals surface area contributed by atoms with Gasteiger partial charge in [0, 0.05) is 19.7 Å². The molecule has 2 aliphatic heterocycles. The number of carbonyl (C=O) groups excluding carboxylic acids is 2. The zero-order valence-corrected chi connectivity index (χ0v) is 17.2. The highest BCUT2D eigenvalue weighted by Gasteiger charge is 2.43. The van der Waals surface area contributed by atoms with Crippen LogP contribution in [0.1, 0.15) is 18.4 Å². The summed E-state index contributed by atoms with van der Waals surface area (Å²) >= 11 is 12.1. The number of nitrogens with zero attached hydrogens (tertiary/aromatic N) is 2. The van der Waals surface area contributed by atoms with E-state index >= 15 is 0 Å². The summed E-state index contributed by atoms with van der Waals surface area (Å²) in [7, 11) is 0. The summed E-state index contributed by atoms with van der Waals surface area (Å²) in [5.41, 5.74) is 1.83. The smallest absolute Gasteiger partial charge is 0.282 e. The molecule has 1 N–H and O–H groups in total.